The number of carbonyl (C=O) groups excluding carboxylic acids is 1. The fourth-order valence-corrected chi connectivity index (χ4v) is 6.08. The number of amides is 1. The first-order valence-corrected chi connectivity index (χ1v) is 15.7. The van der Waals surface area contributed by atoms with Crippen LogP contribution >= 0.6 is 11.3 Å². The third-order valence-electron chi connectivity index (χ3n) is 6.29. The second-order valence-electron chi connectivity index (χ2n) is 9.38. The van der Waals surface area contributed by atoms with Gasteiger partial charge < -0.3 is 15.0 Å². The van der Waals surface area contributed by atoms with E-state index in [-0.39, 0.29) is 22.7 Å². The van der Waals surface area contributed by atoms with Crippen molar-refractivity contribution in [2.45, 2.75) is 57.5 Å². The lowest BCUT2D eigenvalue weighted by molar-refractivity contribution is 0.0950. The van der Waals surface area contributed by atoms with E-state index in [4.69, 9.17) is 4.74 Å². The molecule has 3 aromatic rings. The van der Waals surface area contributed by atoms with Gasteiger partial charge >= 0.3 is 0 Å². The van der Waals surface area contributed by atoms with Crippen molar-refractivity contribution in [2.75, 3.05) is 31.0 Å². The van der Waals surface area contributed by atoms with Crippen molar-refractivity contribution < 1.29 is 22.3 Å². The predicted molar refractivity (Wildman–Crippen MR) is 152 cm³/mol. The van der Waals surface area contributed by atoms with E-state index in [0.717, 1.165) is 32.5 Å². The van der Waals surface area contributed by atoms with Crippen molar-refractivity contribution >= 4 is 33.0 Å². The van der Waals surface area contributed by atoms with Gasteiger partial charge in [0.2, 0.25) is 15.9 Å². The highest BCUT2D eigenvalue weighted by atomic mass is 32.2. The summed E-state index contributed by atoms with van der Waals surface area (Å²) in [6.07, 6.45) is 8.49. The van der Waals surface area contributed by atoms with Crippen LogP contribution in [0, 0.1) is 0 Å². The largest absolute Gasteiger partial charge is 0.477 e. The molecule has 11 nitrogen and oxygen atoms in total. The van der Waals surface area contributed by atoms with Crippen LogP contribution in [-0.2, 0) is 16.6 Å². The molecule has 14 heteroatoms. The molecule has 3 aromatic heterocycles. The van der Waals surface area contributed by atoms with Gasteiger partial charge in [0.1, 0.15) is 11.9 Å². The Bertz CT molecular complexity index is 1380. The number of pyridine rings is 1. The zero-order valence-electron chi connectivity index (χ0n) is 22.5. The maximum atomic E-state index is 12.5. The summed E-state index contributed by atoms with van der Waals surface area (Å²) in [5.74, 6) is 0.0404. The number of nitrogens with one attached hydrogen (secondary N) is 2. The number of nitrogens with zero attached hydrogens (tertiary/aromatic N) is 5. The molecule has 1 amide bonds. The van der Waals surface area contributed by atoms with E-state index in [9.17, 15) is 17.6 Å². The Labute approximate surface area is 237 Å². The fourth-order valence-electron chi connectivity index (χ4n) is 3.91. The molecule has 2 fully saturated rings. The lowest BCUT2D eigenvalue weighted by atomic mass is 10.1. The van der Waals surface area contributed by atoms with E-state index >= 15 is 0 Å². The molecule has 5 rings (SSSR count). The van der Waals surface area contributed by atoms with E-state index in [0.29, 0.717) is 47.3 Å². The third-order valence-corrected chi connectivity index (χ3v) is 9.18. The molecule has 2 N–H and O–H groups in total. The molecular weight excluding hydrogens is 557 g/mol. The van der Waals surface area contributed by atoms with Gasteiger partial charge in [-0.25, -0.2) is 22.8 Å². The van der Waals surface area contributed by atoms with Crippen molar-refractivity contribution in [3.8, 4) is 16.5 Å². The number of hydrogen-bond donors (Lipinski definition) is 2. The summed E-state index contributed by atoms with van der Waals surface area (Å²) in [6.45, 7) is 7.58. The van der Waals surface area contributed by atoms with Crippen LogP contribution in [0.2, 0.25) is 0 Å². The molecule has 216 valence electrons. The Kier molecular flexibility index (Phi) is 10.3. The topological polar surface area (TPSA) is 139 Å². The Morgan fingerprint density at radius 1 is 1.15 bits per heavy atom. The lowest BCUT2D eigenvalue weighted by Gasteiger charge is -2.26. The number of thiazole rings is 1. The average Bonchev–Trinajstić information content (AvgIpc) is 3.71. The van der Waals surface area contributed by atoms with E-state index in [2.05, 4.69) is 41.8 Å². The lowest BCUT2D eigenvalue weighted by Crippen LogP contribution is -2.33. The minimum atomic E-state index is -3.36. The number of likely N-dealkylation sites (tertiary alicyclic amines) is 1. The second-order valence-corrected chi connectivity index (χ2v) is 12.4. The fraction of sp³-hybridized carbons (Fsp3) is 0.500. The quantitative estimate of drug-likeness (QED) is 0.361. The number of alkyl halides is 1. The summed E-state index contributed by atoms with van der Waals surface area (Å²) in [6, 6.07) is 3.18. The second kappa shape index (κ2) is 13.9. The molecule has 40 heavy (non-hydrogen) atoms. The van der Waals surface area contributed by atoms with Gasteiger partial charge in [0.25, 0.3) is 5.91 Å². The first-order valence-electron chi connectivity index (χ1n) is 13.3. The Morgan fingerprint density at radius 2 is 1.93 bits per heavy atom. The van der Waals surface area contributed by atoms with E-state index in [1.54, 1.807) is 24.5 Å². The van der Waals surface area contributed by atoms with E-state index in [1.165, 1.54) is 23.7 Å². The average molecular weight is 592 g/mol. The molecule has 0 atom stereocenters. The summed E-state index contributed by atoms with van der Waals surface area (Å²) < 4.78 is 44.5. The number of sulfonamides is 1. The number of piperidine rings is 1. The van der Waals surface area contributed by atoms with Crippen molar-refractivity contribution in [1.29, 1.82) is 0 Å². The van der Waals surface area contributed by atoms with Crippen molar-refractivity contribution in [1.82, 2.24) is 30.2 Å². The molecule has 4 heterocycles. The SMILES string of the molecule is CCN1CCC(F)CC1.CCOc1cncc(-c2cnc(C(=O)NCc3cc(NS(=O)(=O)C4CC4)ccn3)s2)n1. The first kappa shape index (κ1) is 29.7. The van der Waals surface area contributed by atoms with Crippen LogP contribution in [0.15, 0.2) is 36.9 Å². The van der Waals surface area contributed by atoms with Crippen LogP contribution in [0.1, 0.15) is 55.0 Å². The van der Waals surface area contributed by atoms with Gasteiger partial charge in [-0.1, -0.05) is 6.92 Å². The number of ether oxygens (including phenoxy) is 1. The molecule has 0 spiro atoms. The predicted octanol–water partition coefficient (Wildman–Crippen LogP) is 3.67. The normalized spacial score (nSPS) is 16.1. The summed E-state index contributed by atoms with van der Waals surface area (Å²) in [4.78, 5) is 32.2. The molecule has 1 aliphatic carbocycles. The Hall–Kier alpha value is -3.23. The van der Waals surface area contributed by atoms with E-state index < -0.39 is 16.2 Å². The summed E-state index contributed by atoms with van der Waals surface area (Å²) >= 11 is 1.18. The summed E-state index contributed by atoms with van der Waals surface area (Å²) in [5.41, 5.74) is 1.52. The highest BCUT2D eigenvalue weighted by Gasteiger charge is 2.35. The number of halogens is 1. The van der Waals surface area contributed by atoms with Gasteiger partial charge in [0.15, 0.2) is 5.01 Å². The van der Waals surface area contributed by atoms with Gasteiger partial charge in [0, 0.05) is 25.5 Å². The molecule has 1 saturated heterocycles. The smallest absolute Gasteiger partial charge is 0.280 e. The van der Waals surface area contributed by atoms with Crippen LogP contribution in [0.4, 0.5) is 10.1 Å². The monoisotopic (exact) mass is 591 g/mol. The maximum absolute atomic E-state index is 12.5. The van der Waals surface area contributed by atoms with Crippen LogP contribution < -0.4 is 14.8 Å². The number of aromatic nitrogens is 4. The van der Waals surface area contributed by atoms with Gasteiger partial charge in [-0.2, -0.15) is 0 Å². The number of anilines is 1. The first-order chi connectivity index (χ1) is 19.3. The van der Waals surface area contributed by atoms with E-state index in [1.807, 2.05) is 6.92 Å². The molecule has 1 aliphatic heterocycles. The minimum absolute atomic E-state index is 0.131. The molecular formula is C26H34FN7O4S2. The zero-order chi connectivity index (χ0) is 28.5. The van der Waals surface area contributed by atoms with Gasteiger partial charge in [-0.05, 0) is 51.3 Å². The molecule has 0 unspecified atom stereocenters. The van der Waals surface area contributed by atoms with Crippen LogP contribution in [0.3, 0.4) is 0 Å². The Balaban J connectivity index is 0.000000350. The molecule has 0 bridgehead atoms. The Morgan fingerprint density at radius 3 is 2.62 bits per heavy atom. The zero-order valence-corrected chi connectivity index (χ0v) is 24.2. The summed E-state index contributed by atoms with van der Waals surface area (Å²) in [5, 5.41) is 2.70. The molecule has 0 radical (unpaired) electrons. The van der Waals surface area contributed by atoms with Crippen LogP contribution in [0.5, 0.6) is 5.88 Å². The standard InChI is InChI=1S/C19H20N6O4S2.C7H14FN/c1-2-29-17-11-20-9-15(24-17)16-10-23-19(30-16)18(26)22-8-13-7-12(5-6-21-13)25-31(27,28)14-3-4-14;1-2-9-5-3-7(8)4-6-9/h5-7,9-11,14H,2-4,8H2,1H3,(H,21,25)(H,22,26);7H,2-6H2,1H3. The minimum Gasteiger partial charge on any atom is -0.477 e. The van der Waals surface area contributed by atoms with Crippen molar-refractivity contribution in [3.05, 3.63) is 47.6 Å². The third kappa shape index (κ3) is 8.63. The number of hydrogen-bond acceptors (Lipinski definition) is 10. The maximum Gasteiger partial charge on any atom is 0.280 e. The van der Waals surface area contributed by atoms with Crippen molar-refractivity contribution in [3.63, 3.8) is 0 Å². The number of rotatable bonds is 10. The van der Waals surface area contributed by atoms with Crippen molar-refractivity contribution in [2.24, 2.45) is 0 Å². The highest BCUT2D eigenvalue weighted by Crippen LogP contribution is 2.30. The number of carbonyl (C=O) groups is 1. The summed E-state index contributed by atoms with van der Waals surface area (Å²) in [7, 11) is -3.36. The van der Waals surface area contributed by atoms with Gasteiger partial charge in [0.05, 0.1) is 47.1 Å². The van der Waals surface area contributed by atoms with Crippen LogP contribution in [0.25, 0.3) is 10.6 Å². The highest BCUT2D eigenvalue weighted by molar-refractivity contribution is 7.93. The van der Waals surface area contributed by atoms with Crippen LogP contribution in [-0.4, -0.2) is 76.8 Å². The van der Waals surface area contributed by atoms with Gasteiger partial charge in [-0.3, -0.25) is 19.5 Å². The molecule has 2 aliphatic rings. The van der Waals surface area contributed by atoms with Gasteiger partial charge in [-0.15, -0.1) is 11.3 Å². The molecule has 1 saturated carbocycles. The molecule has 0 aromatic carbocycles.